The standard InChI is InChI=1S/2C24H23O.C2H6Si.2ClH.Zr/c2*1-4-17-7-6-8-20(13-17)24-18(5-2)10-11-19-14-21(15-22(19)24)23-12-9-16(3)25-23;1-3-2;;;/h2*6-15H,4-5H2,1-3H3;1-2H3;2*1H;/q2*-1;;;;+2/p-2. The second kappa shape index (κ2) is 19.2. The van der Waals surface area contributed by atoms with E-state index < -0.39 is 18.0 Å². The molecule has 6 aromatic carbocycles. The summed E-state index contributed by atoms with van der Waals surface area (Å²) in [7, 11) is 11.2. The van der Waals surface area contributed by atoms with Crippen molar-refractivity contribution in [3.63, 3.8) is 0 Å². The zero-order valence-corrected chi connectivity index (χ0v) is 38.9. The Kier molecular flexibility index (Phi) is 14.4. The van der Waals surface area contributed by atoms with E-state index in [0.717, 1.165) is 59.9 Å². The van der Waals surface area contributed by atoms with Gasteiger partial charge in [-0.2, -0.15) is 0 Å². The molecule has 56 heavy (non-hydrogen) atoms. The van der Waals surface area contributed by atoms with Crippen molar-refractivity contribution >= 4 is 44.0 Å². The first-order valence-corrected chi connectivity index (χ1v) is 32.3. The van der Waals surface area contributed by atoms with Gasteiger partial charge >= 0.3 is 53.5 Å². The van der Waals surface area contributed by atoms with Crippen molar-refractivity contribution in [1.29, 1.82) is 0 Å². The number of benzene rings is 4. The molecule has 0 saturated heterocycles. The quantitative estimate of drug-likeness (QED) is 0.112. The molecule has 0 amide bonds. The minimum atomic E-state index is -1.65. The van der Waals surface area contributed by atoms with Gasteiger partial charge in [0, 0.05) is 0 Å². The Morgan fingerprint density at radius 3 is 1.27 bits per heavy atom. The zero-order valence-electron chi connectivity index (χ0n) is 33.9. The molecule has 0 atom stereocenters. The molecule has 0 fully saturated rings. The van der Waals surface area contributed by atoms with Gasteiger partial charge in [-0.25, -0.2) is 0 Å². The van der Waals surface area contributed by atoms with E-state index in [2.05, 4.69) is 150 Å². The van der Waals surface area contributed by atoms with Crippen molar-refractivity contribution in [3.8, 4) is 44.9 Å². The van der Waals surface area contributed by atoms with Crippen LogP contribution in [0.15, 0.2) is 130 Å². The monoisotopic (exact) mass is 872 g/mol. The summed E-state index contributed by atoms with van der Waals surface area (Å²) in [5.41, 5.74) is 13.0. The van der Waals surface area contributed by atoms with Gasteiger partial charge in [0.25, 0.3) is 0 Å². The van der Waals surface area contributed by atoms with E-state index in [9.17, 15) is 0 Å². The van der Waals surface area contributed by atoms with Crippen molar-refractivity contribution in [1.82, 2.24) is 0 Å². The summed E-state index contributed by atoms with van der Waals surface area (Å²) in [5.74, 6) is 3.79. The molecule has 8 rings (SSSR count). The predicted octanol–water partition coefficient (Wildman–Crippen LogP) is 16.0. The Balaban J connectivity index is 0.000000166. The van der Waals surface area contributed by atoms with Gasteiger partial charge < -0.3 is 8.83 Å². The molecule has 0 unspecified atom stereocenters. The molecule has 2 nitrogen and oxygen atoms in total. The molecular formula is C50H52Cl2O2SiZr-2. The van der Waals surface area contributed by atoms with Crippen LogP contribution in [0.1, 0.15) is 61.5 Å². The van der Waals surface area contributed by atoms with Crippen molar-refractivity contribution < 1.29 is 26.8 Å². The first-order valence-electron chi connectivity index (χ1n) is 19.8. The molecule has 2 aromatic heterocycles. The third-order valence-electron chi connectivity index (χ3n) is 10.4. The molecule has 0 spiro atoms. The third-order valence-corrected chi connectivity index (χ3v) is 30.1. The van der Waals surface area contributed by atoms with Crippen LogP contribution in [0.25, 0.3) is 66.4 Å². The molecule has 0 aliphatic rings. The molecule has 0 bridgehead atoms. The van der Waals surface area contributed by atoms with Crippen molar-refractivity contribution in [2.24, 2.45) is 0 Å². The summed E-state index contributed by atoms with van der Waals surface area (Å²) >= 11 is -1.65. The maximum atomic E-state index is 5.84. The number of aryl methyl sites for hydroxylation is 6. The minimum absolute atomic E-state index is 0.224. The van der Waals surface area contributed by atoms with E-state index in [1.54, 1.807) is 0 Å². The fraction of sp³-hybridized carbons (Fsp3) is 0.240. The van der Waals surface area contributed by atoms with Crippen LogP contribution >= 0.6 is 17.0 Å². The van der Waals surface area contributed by atoms with Gasteiger partial charge in [0.2, 0.25) is 0 Å². The SMILES string of the molecule is CCc1cccc(-c2c(CC)ccc3[cH-]c(-c4ccc(C)o4)cc23)c1.CCc1cccc(-c2c(CC)ccc3[cH-]c(-c4ccc(C)o4)cc23)c1.C[Si](C)=[Zr]([Cl])[Cl]. The molecule has 0 N–H and O–H groups in total. The van der Waals surface area contributed by atoms with E-state index in [-0.39, 0.29) is 5.43 Å². The number of furan rings is 2. The molecular weight excluding hydrogens is 823 g/mol. The summed E-state index contributed by atoms with van der Waals surface area (Å²) < 4.78 is 11.7. The topological polar surface area (TPSA) is 26.3 Å². The molecule has 0 aliphatic carbocycles. The Morgan fingerprint density at radius 2 is 0.946 bits per heavy atom. The van der Waals surface area contributed by atoms with Crippen LogP contribution < -0.4 is 0 Å². The number of halogens is 2. The van der Waals surface area contributed by atoms with Crippen LogP contribution in [0, 0.1) is 13.8 Å². The summed E-state index contributed by atoms with van der Waals surface area (Å²) in [4.78, 5) is 0. The fourth-order valence-electron chi connectivity index (χ4n) is 7.28. The number of hydrogen-bond donors (Lipinski definition) is 0. The Labute approximate surface area is 348 Å². The number of rotatable bonds is 8. The van der Waals surface area contributed by atoms with Gasteiger partial charge in [-0.3, -0.25) is 0 Å². The van der Waals surface area contributed by atoms with E-state index in [0.29, 0.717) is 0 Å². The first kappa shape index (κ1) is 42.0. The van der Waals surface area contributed by atoms with Crippen LogP contribution in [-0.4, -0.2) is 5.43 Å². The second-order valence-corrected chi connectivity index (χ2v) is 37.6. The molecule has 0 radical (unpaired) electrons. The zero-order chi connectivity index (χ0) is 39.9. The van der Waals surface area contributed by atoms with Crippen LogP contribution in [-0.2, 0) is 43.7 Å². The summed E-state index contributed by atoms with van der Waals surface area (Å²) in [6.07, 6.45) is 4.18. The van der Waals surface area contributed by atoms with Crippen molar-refractivity contribution in [2.45, 2.75) is 80.3 Å². The molecule has 8 aromatic rings. The van der Waals surface area contributed by atoms with E-state index >= 15 is 0 Å². The fourth-order valence-corrected chi connectivity index (χ4v) is 7.28. The van der Waals surface area contributed by atoms with Crippen molar-refractivity contribution in [3.05, 3.63) is 155 Å². The maximum absolute atomic E-state index is 5.84. The van der Waals surface area contributed by atoms with Crippen LogP contribution in [0.2, 0.25) is 13.1 Å². The molecule has 6 heteroatoms. The second-order valence-electron chi connectivity index (χ2n) is 14.6. The Hall–Kier alpha value is -3.66. The van der Waals surface area contributed by atoms with E-state index in [4.69, 9.17) is 25.9 Å². The Morgan fingerprint density at radius 1 is 0.536 bits per heavy atom. The molecule has 2 heterocycles. The van der Waals surface area contributed by atoms with E-state index in [1.165, 1.54) is 66.1 Å². The number of hydrogen-bond acceptors (Lipinski definition) is 2. The number of fused-ring (bicyclic) bond motifs is 2. The van der Waals surface area contributed by atoms with Gasteiger partial charge in [-0.15, -0.1) is 57.9 Å². The average Bonchev–Trinajstić information content (AvgIpc) is 4.04. The van der Waals surface area contributed by atoms with Crippen LogP contribution in [0.3, 0.4) is 0 Å². The van der Waals surface area contributed by atoms with Gasteiger partial charge in [0.1, 0.15) is 0 Å². The van der Waals surface area contributed by atoms with Gasteiger partial charge in [-0.1, -0.05) is 111 Å². The van der Waals surface area contributed by atoms with E-state index in [1.807, 2.05) is 26.0 Å². The Bertz CT molecular complexity index is 2430. The predicted molar refractivity (Wildman–Crippen MR) is 242 cm³/mol. The normalized spacial score (nSPS) is 11.0. The summed E-state index contributed by atoms with van der Waals surface area (Å²) in [5, 5.41) is 5.18. The summed E-state index contributed by atoms with van der Waals surface area (Å²) in [6, 6.07) is 44.1. The van der Waals surface area contributed by atoms with Crippen LogP contribution in [0.4, 0.5) is 0 Å². The van der Waals surface area contributed by atoms with Gasteiger partial charge in [-0.05, 0) is 97.2 Å². The average molecular weight is 875 g/mol. The first-order chi connectivity index (χ1) is 27.0. The van der Waals surface area contributed by atoms with Gasteiger partial charge in [0.15, 0.2) is 0 Å². The molecule has 288 valence electrons. The van der Waals surface area contributed by atoms with Crippen molar-refractivity contribution in [2.75, 3.05) is 0 Å². The van der Waals surface area contributed by atoms with Crippen LogP contribution in [0.5, 0.6) is 0 Å². The van der Waals surface area contributed by atoms with Gasteiger partial charge in [0.05, 0.1) is 23.0 Å². The summed E-state index contributed by atoms with van der Waals surface area (Å²) in [6.45, 7) is 17.2. The molecule has 0 aliphatic heterocycles. The third kappa shape index (κ3) is 9.71. The molecule has 0 saturated carbocycles.